The summed E-state index contributed by atoms with van der Waals surface area (Å²) < 4.78 is 2.03. The summed E-state index contributed by atoms with van der Waals surface area (Å²) in [6, 6.07) is 18.1. The van der Waals surface area contributed by atoms with Crippen molar-refractivity contribution in [3.05, 3.63) is 72.2 Å². The van der Waals surface area contributed by atoms with E-state index in [0.29, 0.717) is 24.1 Å². The summed E-state index contributed by atoms with van der Waals surface area (Å²) in [7, 11) is 0. The summed E-state index contributed by atoms with van der Waals surface area (Å²) in [5, 5.41) is 9.73. The Morgan fingerprint density at radius 2 is 1.88 bits per heavy atom. The molecule has 0 aliphatic heterocycles. The number of carbonyl (C=O) groups excluding carboxylic acids is 1. The van der Waals surface area contributed by atoms with E-state index < -0.39 is 0 Å². The second kappa shape index (κ2) is 8.30. The number of nitrogen functional groups attached to an aromatic ring is 1. The number of nitrogens with zero attached hydrogens (tertiary/aromatic N) is 4. The average Bonchev–Trinajstić information content (AvgIpc) is 3.61. The quantitative estimate of drug-likeness (QED) is 0.361. The van der Waals surface area contributed by atoms with E-state index in [9.17, 15) is 4.79 Å². The fourth-order valence-electron chi connectivity index (χ4n) is 4.85. The first-order chi connectivity index (χ1) is 16.7. The Morgan fingerprint density at radius 1 is 1.09 bits per heavy atom. The first-order valence-electron chi connectivity index (χ1n) is 11.6. The molecule has 1 fully saturated rings. The third kappa shape index (κ3) is 3.57. The van der Waals surface area contributed by atoms with Gasteiger partial charge in [0, 0.05) is 23.0 Å². The molecule has 2 aromatic carbocycles. The molecule has 8 nitrogen and oxygen atoms in total. The number of anilines is 1. The second-order valence-corrected chi connectivity index (χ2v) is 8.84. The number of H-pyrrole nitrogens is 1. The van der Waals surface area contributed by atoms with Crippen LogP contribution in [-0.4, -0.2) is 30.6 Å². The van der Waals surface area contributed by atoms with Gasteiger partial charge in [0.2, 0.25) is 0 Å². The van der Waals surface area contributed by atoms with Gasteiger partial charge >= 0.3 is 0 Å². The van der Waals surface area contributed by atoms with Gasteiger partial charge in [0.15, 0.2) is 5.65 Å². The average molecular weight is 452 g/mol. The molecule has 0 atom stereocenters. The highest BCUT2D eigenvalue weighted by atomic mass is 16.1. The first-order valence-corrected chi connectivity index (χ1v) is 11.6. The van der Waals surface area contributed by atoms with Gasteiger partial charge in [0.25, 0.3) is 5.91 Å². The lowest BCUT2D eigenvalue weighted by molar-refractivity contribution is 0.0946. The molecule has 5 aromatic rings. The van der Waals surface area contributed by atoms with Gasteiger partial charge in [-0.05, 0) is 30.5 Å². The zero-order chi connectivity index (χ0) is 23.1. The normalized spacial score (nSPS) is 14.2. The number of carbonyl (C=O) groups is 1. The predicted octanol–water partition coefficient (Wildman–Crippen LogP) is 4.60. The molecule has 4 N–H and O–H groups in total. The molecule has 1 saturated carbocycles. The van der Waals surface area contributed by atoms with E-state index in [-0.39, 0.29) is 5.91 Å². The number of hydrogen-bond acceptors (Lipinski definition) is 5. The Morgan fingerprint density at radius 3 is 2.68 bits per heavy atom. The largest absolute Gasteiger partial charge is 0.383 e. The molecule has 1 aliphatic carbocycles. The van der Waals surface area contributed by atoms with E-state index in [2.05, 4.69) is 20.3 Å². The highest BCUT2D eigenvalue weighted by Crippen LogP contribution is 2.36. The van der Waals surface area contributed by atoms with Crippen molar-refractivity contribution < 1.29 is 4.79 Å². The second-order valence-electron chi connectivity index (χ2n) is 8.84. The molecule has 0 unspecified atom stereocenters. The fourth-order valence-corrected chi connectivity index (χ4v) is 4.85. The van der Waals surface area contributed by atoms with Crippen molar-refractivity contribution in [1.82, 2.24) is 30.0 Å². The molecule has 0 spiro atoms. The van der Waals surface area contributed by atoms with Crippen LogP contribution in [0.1, 0.15) is 47.8 Å². The van der Waals surface area contributed by atoms with Gasteiger partial charge in [-0.25, -0.2) is 14.6 Å². The molecule has 3 heterocycles. The standard InChI is InChI=1S/C26H25N7O/c27-24-22-23(32-33(19-6-2-3-7-19)25(22)30-15-29-24)17-11-9-16(10-12-17)14-28-26(34)21-13-18-5-1-4-8-20(18)31-21/h1,4-5,8-13,15,19,31H,2-3,6-7,14H2,(H,28,34)(H2,27,29,30). The zero-order valence-corrected chi connectivity index (χ0v) is 18.7. The summed E-state index contributed by atoms with van der Waals surface area (Å²) in [6.07, 6.45) is 6.14. The van der Waals surface area contributed by atoms with Crippen LogP contribution in [0, 0.1) is 0 Å². The lowest BCUT2D eigenvalue weighted by atomic mass is 10.1. The SMILES string of the molecule is Nc1ncnc2c1c(-c1ccc(CNC(=O)c3cc4ccccc4[nH]3)cc1)nn2C1CCCC1. The van der Waals surface area contributed by atoms with Crippen LogP contribution in [0.25, 0.3) is 33.2 Å². The maximum Gasteiger partial charge on any atom is 0.267 e. The van der Waals surface area contributed by atoms with Crippen molar-refractivity contribution in [2.75, 3.05) is 5.73 Å². The molecular weight excluding hydrogens is 426 g/mol. The molecule has 1 amide bonds. The molecule has 1 aliphatic rings. The van der Waals surface area contributed by atoms with Crippen molar-refractivity contribution >= 4 is 33.7 Å². The molecule has 34 heavy (non-hydrogen) atoms. The van der Waals surface area contributed by atoms with E-state index >= 15 is 0 Å². The predicted molar refractivity (Wildman–Crippen MR) is 132 cm³/mol. The summed E-state index contributed by atoms with van der Waals surface area (Å²) in [5.41, 5.74) is 11.3. The Kier molecular flexibility index (Phi) is 4.98. The molecular formula is C26H25N7O. The third-order valence-corrected chi connectivity index (χ3v) is 6.64. The van der Waals surface area contributed by atoms with E-state index in [1.165, 1.54) is 19.2 Å². The Balaban J connectivity index is 1.23. The lowest BCUT2D eigenvalue weighted by Gasteiger charge is -2.10. The number of nitrogens with one attached hydrogen (secondary N) is 2. The van der Waals surface area contributed by atoms with Crippen LogP contribution < -0.4 is 11.1 Å². The smallest absolute Gasteiger partial charge is 0.267 e. The molecule has 0 radical (unpaired) electrons. The zero-order valence-electron chi connectivity index (χ0n) is 18.7. The fraction of sp³-hybridized carbons (Fsp3) is 0.231. The highest BCUT2D eigenvalue weighted by Gasteiger charge is 2.24. The maximum atomic E-state index is 12.6. The van der Waals surface area contributed by atoms with Crippen molar-refractivity contribution in [3.8, 4) is 11.3 Å². The molecule has 6 rings (SSSR count). The van der Waals surface area contributed by atoms with Crippen molar-refractivity contribution in [2.45, 2.75) is 38.3 Å². The van der Waals surface area contributed by atoms with Crippen LogP contribution in [-0.2, 0) is 6.54 Å². The summed E-state index contributed by atoms with van der Waals surface area (Å²) in [4.78, 5) is 24.5. The lowest BCUT2D eigenvalue weighted by Crippen LogP contribution is -2.23. The van der Waals surface area contributed by atoms with Crippen molar-refractivity contribution in [3.63, 3.8) is 0 Å². The number of aromatic amines is 1. The van der Waals surface area contributed by atoms with Crippen LogP contribution in [0.5, 0.6) is 0 Å². The summed E-state index contributed by atoms with van der Waals surface area (Å²) >= 11 is 0. The van der Waals surface area contributed by atoms with Gasteiger partial charge in [-0.3, -0.25) is 4.79 Å². The number of amides is 1. The van der Waals surface area contributed by atoms with E-state index in [1.807, 2.05) is 59.3 Å². The van der Waals surface area contributed by atoms with Crippen LogP contribution in [0.15, 0.2) is 60.9 Å². The number of nitrogens with two attached hydrogens (primary N) is 1. The van der Waals surface area contributed by atoms with E-state index in [1.54, 1.807) is 0 Å². The van der Waals surface area contributed by atoms with Crippen LogP contribution in [0.3, 0.4) is 0 Å². The van der Waals surface area contributed by atoms with Gasteiger partial charge in [0.05, 0.1) is 11.4 Å². The molecule has 8 heteroatoms. The number of fused-ring (bicyclic) bond motifs is 2. The van der Waals surface area contributed by atoms with Gasteiger partial charge < -0.3 is 16.0 Å². The molecule has 3 aromatic heterocycles. The van der Waals surface area contributed by atoms with Crippen molar-refractivity contribution in [1.29, 1.82) is 0 Å². The Labute approximate surface area is 196 Å². The Bertz CT molecular complexity index is 1460. The minimum absolute atomic E-state index is 0.133. The number of hydrogen-bond donors (Lipinski definition) is 3. The van der Waals surface area contributed by atoms with Crippen LogP contribution in [0.2, 0.25) is 0 Å². The maximum absolute atomic E-state index is 12.6. The highest BCUT2D eigenvalue weighted by molar-refractivity contribution is 5.99. The van der Waals surface area contributed by atoms with Crippen LogP contribution >= 0.6 is 0 Å². The molecule has 170 valence electrons. The topological polar surface area (TPSA) is 115 Å². The molecule has 0 saturated heterocycles. The third-order valence-electron chi connectivity index (χ3n) is 6.64. The summed E-state index contributed by atoms with van der Waals surface area (Å²) in [5.74, 6) is 0.311. The van der Waals surface area contributed by atoms with Gasteiger partial charge in [-0.15, -0.1) is 0 Å². The van der Waals surface area contributed by atoms with Gasteiger partial charge in [-0.2, -0.15) is 5.10 Å². The number of benzene rings is 2. The number of para-hydroxylation sites is 1. The van der Waals surface area contributed by atoms with Crippen LogP contribution in [0.4, 0.5) is 5.82 Å². The van der Waals surface area contributed by atoms with E-state index in [0.717, 1.165) is 51.6 Å². The Hall–Kier alpha value is -4.20. The van der Waals surface area contributed by atoms with Gasteiger partial charge in [0.1, 0.15) is 23.5 Å². The first kappa shape index (κ1) is 20.4. The number of rotatable bonds is 5. The number of aromatic nitrogens is 5. The molecule has 0 bridgehead atoms. The van der Waals surface area contributed by atoms with E-state index in [4.69, 9.17) is 10.8 Å². The minimum atomic E-state index is -0.133. The monoisotopic (exact) mass is 451 g/mol. The van der Waals surface area contributed by atoms with Gasteiger partial charge in [-0.1, -0.05) is 55.3 Å². The summed E-state index contributed by atoms with van der Waals surface area (Å²) in [6.45, 7) is 0.428. The van der Waals surface area contributed by atoms with Crippen molar-refractivity contribution in [2.24, 2.45) is 0 Å². The minimum Gasteiger partial charge on any atom is -0.383 e.